The standard InChI is InChI=1S/C9H16N2O/c12-9-5-7(6-11-9)8-3-1-2-4-10-8/h7-8,10H,1-6H2,(H,11,12)/t7-,8-/m1/s1. The molecule has 2 heterocycles. The topological polar surface area (TPSA) is 41.1 Å². The smallest absolute Gasteiger partial charge is 0.220 e. The Hall–Kier alpha value is -0.570. The molecule has 0 spiro atoms. The van der Waals surface area contributed by atoms with Gasteiger partial charge in [-0.3, -0.25) is 4.79 Å². The molecule has 2 atom stereocenters. The average molecular weight is 168 g/mol. The van der Waals surface area contributed by atoms with Gasteiger partial charge in [0.15, 0.2) is 0 Å². The zero-order chi connectivity index (χ0) is 8.39. The van der Waals surface area contributed by atoms with Crippen molar-refractivity contribution < 1.29 is 4.79 Å². The van der Waals surface area contributed by atoms with Crippen molar-refractivity contribution in [3.05, 3.63) is 0 Å². The highest BCUT2D eigenvalue weighted by Crippen LogP contribution is 2.20. The summed E-state index contributed by atoms with van der Waals surface area (Å²) in [7, 11) is 0. The second-order valence-corrected chi connectivity index (χ2v) is 3.82. The van der Waals surface area contributed by atoms with Gasteiger partial charge < -0.3 is 10.6 Å². The molecular formula is C9H16N2O. The molecule has 2 saturated heterocycles. The van der Waals surface area contributed by atoms with Crippen LogP contribution in [0, 0.1) is 5.92 Å². The summed E-state index contributed by atoms with van der Waals surface area (Å²) >= 11 is 0. The van der Waals surface area contributed by atoms with Crippen LogP contribution < -0.4 is 10.6 Å². The highest BCUT2D eigenvalue weighted by Gasteiger charge is 2.29. The monoisotopic (exact) mass is 168 g/mol. The molecule has 0 unspecified atom stereocenters. The quantitative estimate of drug-likeness (QED) is 0.590. The first-order valence-electron chi connectivity index (χ1n) is 4.86. The average Bonchev–Trinajstić information content (AvgIpc) is 2.54. The molecule has 12 heavy (non-hydrogen) atoms. The van der Waals surface area contributed by atoms with Crippen LogP contribution in [0.4, 0.5) is 0 Å². The molecule has 3 heteroatoms. The van der Waals surface area contributed by atoms with E-state index in [4.69, 9.17) is 0 Å². The van der Waals surface area contributed by atoms with Gasteiger partial charge in [-0.05, 0) is 19.4 Å². The van der Waals surface area contributed by atoms with Gasteiger partial charge in [0.05, 0.1) is 0 Å². The Bertz CT molecular complexity index is 175. The molecule has 0 aromatic carbocycles. The van der Waals surface area contributed by atoms with E-state index in [0.29, 0.717) is 12.0 Å². The molecule has 2 aliphatic heterocycles. The first-order chi connectivity index (χ1) is 5.86. The Balaban J connectivity index is 1.86. The van der Waals surface area contributed by atoms with E-state index in [-0.39, 0.29) is 5.91 Å². The summed E-state index contributed by atoms with van der Waals surface area (Å²) in [6.45, 7) is 2.02. The Kier molecular flexibility index (Phi) is 2.30. The minimum Gasteiger partial charge on any atom is -0.356 e. The molecule has 2 rings (SSSR count). The second kappa shape index (κ2) is 3.44. The molecule has 2 aliphatic rings. The predicted molar refractivity (Wildman–Crippen MR) is 46.8 cm³/mol. The van der Waals surface area contributed by atoms with Gasteiger partial charge in [-0.2, -0.15) is 0 Å². The van der Waals surface area contributed by atoms with Gasteiger partial charge in [0.1, 0.15) is 0 Å². The first-order valence-corrected chi connectivity index (χ1v) is 4.86. The molecule has 0 bridgehead atoms. The third-order valence-corrected chi connectivity index (χ3v) is 2.93. The molecule has 0 aromatic heterocycles. The van der Waals surface area contributed by atoms with Crippen molar-refractivity contribution in [3.8, 4) is 0 Å². The minimum atomic E-state index is 0.229. The molecule has 0 aliphatic carbocycles. The maximum Gasteiger partial charge on any atom is 0.220 e. The number of amides is 1. The number of nitrogens with one attached hydrogen (secondary N) is 2. The first kappa shape index (κ1) is 8.05. The highest BCUT2D eigenvalue weighted by atomic mass is 16.1. The van der Waals surface area contributed by atoms with Crippen LogP contribution in [0.15, 0.2) is 0 Å². The molecular weight excluding hydrogens is 152 g/mol. The van der Waals surface area contributed by atoms with Crippen molar-refractivity contribution in [2.24, 2.45) is 5.92 Å². The van der Waals surface area contributed by atoms with Gasteiger partial charge in [-0.25, -0.2) is 0 Å². The summed E-state index contributed by atoms with van der Waals surface area (Å²) in [5, 5.41) is 6.38. The number of hydrogen-bond donors (Lipinski definition) is 2. The van der Waals surface area contributed by atoms with E-state index in [1.807, 2.05) is 0 Å². The SMILES string of the molecule is O=C1C[C@@H]([C@H]2CCCCN2)CN1. The summed E-state index contributed by atoms with van der Waals surface area (Å²) in [5.74, 6) is 0.783. The fourth-order valence-corrected chi connectivity index (χ4v) is 2.19. The lowest BCUT2D eigenvalue weighted by atomic mass is 9.91. The number of rotatable bonds is 1. The molecule has 1 amide bonds. The third kappa shape index (κ3) is 1.61. The van der Waals surface area contributed by atoms with Crippen molar-refractivity contribution in [1.82, 2.24) is 10.6 Å². The fraction of sp³-hybridized carbons (Fsp3) is 0.889. The van der Waals surface area contributed by atoms with E-state index >= 15 is 0 Å². The summed E-state index contributed by atoms with van der Waals surface area (Å²) in [6, 6.07) is 0.595. The zero-order valence-electron chi connectivity index (χ0n) is 7.31. The van der Waals surface area contributed by atoms with Gasteiger partial charge in [-0.15, -0.1) is 0 Å². The van der Waals surface area contributed by atoms with E-state index in [2.05, 4.69) is 10.6 Å². The van der Waals surface area contributed by atoms with Crippen LogP contribution in [0.1, 0.15) is 25.7 Å². The lowest BCUT2D eigenvalue weighted by molar-refractivity contribution is -0.119. The predicted octanol–water partition coefficient (Wildman–Crippen LogP) is 0.265. The Morgan fingerprint density at radius 1 is 1.33 bits per heavy atom. The maximum atomic E-state index is 11.0. The fourth-order valence-electron chi connectivity index (χ4n) is 2.19. The van der Waals surface area contributed by atoms with Gasteiger partial charge in [0, 0.05) is 24.9 Å². The van der Waals surface area contributed by atoms with E-state index in [0.717, 1.165) is 19.5 Å². The number of carbonyl (C=O) groups excluding carboxylic acids is 1. The molecule has 68 valence electrons. The summed E-state index contributed by atoms with van der Waals surface area (Å²) in [6.07, 6.45) is 4.60. The molecule has 0 aromatic rings. The number of hydrogen-bond acceptors (Lipinski definition) is 2. The maximum absolute atomic E-state index is 11.0. The van der Waals surface area contributed by atoms with Crippen LogP contribution in [0.5, 0.6) is 0 Å². The van der Waals surface area contributed by atoms with Crippen molar-refractivity contribution in [1.29, 1.82) is 0 Å². The molecule has 0 saturated carbocycles. The Morgan fingerprint density at radius 2 is 2.25 bits per heavy atom. The van der Waals surface area contributed by atoms with Crippen molar-refractivity contribution >= 4 is 5.91 Å². The van der Waals surface area contributed by atoms with Gasteiger partial charge in [0.2, 0.25) is 5.91 Å². The minimum absolute atomic E-state index is 0.229. The van der Waals surface area contributed by atoms with Crippen LogP contribution in [0.3, 0.4) is 0 Å². The van der Waals surface area contributed by atoms with Gasteiger partial charge >= 0.3 is 0 Å². The summed E-state index contributed by atoms with van der Waals surface area (Å²) < 4.78 is 0. The second-order valence-electron chi connectivity index (χ2n) is 3.82. The van der Waals surface area contributed by atoms with Crippen molar-refractivity contribution in [2.45, 2.75) is 31.7 Å². The Morgan fingerprint density at radius 3 is 2.83 bits per heavy atom. The zero-order valence-corrected chi connectivity index (χ0v) is 7.31. The van der Waals surface area contributed by atoms with Gasteiger partial charge in [0.25, 0.3) is 0 Å². The third-order valence-electron chi connectivity index (χ3n) is 2.93. The van der Waals surface area contributed by atoms with E-state index in [9.17, 15) is 4.79 Å². The van der Waals surface area contributed by atoms with E-state index in [1.165, 1.54) is 19.3 Å². The van der Waals surface area contributed by atoms with Crippen molar-refractivity contribution in [2.75, 3.05) is 13.1 Å². The highest BCUT2D eigenvalue weighted by molar-refractivity contribution is 5.78. The normalized spacial score (nSPS) is 36.5. The van der Waals surface area contributed by atoms with Crippen LogP contribution in [-0.4, -0.2) is 25.0 Å². The molecule has 0 radical (unpaired) electrons. The van der Waals surface area contributed by atoms with E-state index in [1.54, 1.807) is 0 Å². The van der Waals surface area contributed by atoms with Crippen LogP contribution in [0.25, 0.3) is 0 Å². The van der Waals surface area contributed by atoms with Crippen LogP contribution in [0.2, 0.25) is 0 Å². The summed E-state index contributed by atoms with van der Waals surface area (Å²) in [4.78, 5) is 11.0. The van der Waals surface area contributed by atoms with E-state index < -0.39 is 0 Å². The van der Waals surface area contributed by atoms with Crippen LogP contribution in [-0.2, 0) is 4.79 Å². The number of carbonyl (C=O) groups is 1. The molecule has 3 nitrogen and oxygen atoms in total. The lowest BCUT2D eigenvalue weighted by Crippen LogP contribution is -2.40. The lowest BCUT2D eigenvalue weighted by Gasteiger charge is -2.27. The van der Waals surface area contributed by atoms with Crippen molar-refractivity contribution in [3.63, 3.8) is 0 Å². The van der Waals surface area contributed by atoms with Gasteiger partial charge in [-0.1, -0.05) is 6.42 Å². The van der Waals surface area contributed by atoms with Crippen LogP contribution >= 0.6 is 0 Å². The number of piperidine rings is 1. The molecule has 2 N–H and O–H groups in total. The summed E-state index contributed by atoms with van der Waals surface area (Å²) in [5.41, 5.74) is 0. The Labute approximate surface area is 72.9 Å². The molecule has 2 fully saturated rings. The largest absolute Gasteiger partial charge is 0.356 e.